The molecule has 2 heterocycles. The molecule has 1 aliphatic rings. The maximum atomic E-state index is 3.80. The highest BCUT2D eigenvalue weighted by Gasteiger charge is 2.42. The summed E-state index contributed by atoms with van der Waals surface area (Å²) in [4.78, 5) is 4.18. The molecule has 0 radical (unpaired) electrons. The molecule has 1 aromatic rings. The van der Waals surface area contributed by atoms with E-state index in [1.54, 1.807) is 0 Å². The molecule has 1 N–H and O–H groups in total. The maximum absolute atomic E-state index is 3.80. The van der Waals surface area contributed by atoms with Gasteiger partial charge in [0.05, 0.1) is 6.04 Å². The zero-order chi connectivity index (χ0) is 14.6. The van der Waals surface area contributed by atoms with Gasteiger partial charge >= 0.3 is 0 Å². The monoisotopic (exact) mass is 294 g/mol. The molecule has 0 aromatic carbocycles. The summed E-state index contributed by atoms with van der Waals surface area (Å²) in [5, 5.41) is 6.16. The first-order valence-corrected chi connectivity index (χ1v) is 9.09. The van der Waals surface area contributed by atoms with Gasteiger partial charge in [-0.15, -0.1) is 11.3 Å². The van der Waals surface area contributed by atoms with E-state index in [1.165, 1.54) is 49.2 Å². The third kappa shape index (κ3) is 2.95. The molecule has 1 aliphatic heterocycles. The average molecular weight is 295 g/mol. The highest BCUT2D eigenvalue weighted by molar-refractivity contribution is 7.10. The summed E-state index contributed by atoms with van der Waals surface area (Å²) < 4.78 is 0. The quantitative estimate of drug-likeness (QED) is 0.803. The maximum Gasteiger partial charge on any atom is 0.0515 e. The van der Waals surface area contributed by atoms with Gasteiger partial charge in [0.1, 0.15) is 0 Å². The number of nitrogens with one attached hydrogen (secondary N) is 1. The second kappa shape index (κ2) is 7.06. The second-order valence-corrected chi connectivity index (χ2v) is 7.10. The molecule has 0 bridgehead atoms. The van der Waals surface area contributed by atoms with E-state index in [0.29, 0.717) is 6.04 Å². The normalized spacial score (nSPS) is 18.6. The Labute approximate surface area is 128 Å². The van der Waals surface area contributed by atoms with Gasteiger partial charge in [-0.1, -0.05) is 20.8 Å². The molecule has 0 aliphatic carbocycles. The van der Waals surface area contributed by atoms with Gasteiger partial charge in [-0.2, -0.15) is 0 Å². The van der Waals surface area contributed by atoms with Crippen LogP contribution in [-0.2, 0) is 0 Å². The lowest BCUT2D eigenvalue weighted by atomic mass is 9.79. The van der Waals surface area contributed by atoms with E-state index in [2.05, 4.69) is 49.4 Å². The summed E-state index contributed by atoms with van der Waals surface area (Å²) in [5.41, 5.74) is 1.77. The Morgan fingerprint density at radius 2 is 1.90 bits per heavy atom. The van der Waals surface area contributed by atoms with E-state index in [9.17, 15) is 0 Å². The van der Waals surface area contributed by atoms with Crippen LogP contribution >= 0.6 is 11.3 Å². The lowest BCUT2D eigenvalue weighted by Gasteiger charge is -2.47. The van der Waals surface area contributed by atoms with Crippen LogP contribution < -0.4 is 5.32 Å². The zero-order valence-corrected chi connectivity index (χ0v) is 14.4. The summed E-state index contributed by atoms with van der Waals surface area (Å²) >= 11 is 1.88. The molecule has 0 spiro atoms. The SMILES string of the molecule is CCNC(c1csc(C)c1)C(CC)(CC)N1CCCC1. The van der Waals surface area contributed by atoms with Gasteiger partial charge in [0.15, 0.2) is 0 Å². The van der Waals surface area contributed by atoms with Crippen LogP contribution in [0.25, 0.3) is 0 Å². The van der Waals surface area contributed by atoms with Crippen LogP contribution in [0.3, 0.4) is 0 Å². The first kappa shape index (κ1) is 16.0. The van der Waals surface area contributed by atoms with Gasteiger partial charge in [-0.25, -0.2) is 0 Å². The second-order valence-electron chi connectivity index (χ2n) is 5.99. The zero-order valence-electron chi connectivity index (χ0n) is 13.5. The fourth-order valence-electron chi connectivity index (χ4n) is 3.89. The summed E-state index contributed by atoms with van der Waals surface area (Å²) in [6, 6.07) is 2.85. The van der Waals surface area contributed by atoms with Crippen molar-refractivity contribution in [3.63, 3.8) is 0 Å². The molecule has 2 nitrogen and oxygen atoms in total. The van der Waals surface area contributed by atoms with Crippen LogP contribution in [-0.4, -0.2) is 30.1 Å². The van der Waals surface area contributed by atoms with E-state index < -0.39 is 0 Å². The lowest BCUT2D eigenvalue weighted by molar-refractivity contribution is 0.0624. The Morgan fingerprint density at radius 1 is 1.25 bits per heavy atom. The van der Waals surface area contributed by atoms with Gasteiger partial charge in [-0.3, -0.25) is 4.90 Å². The first-order valence-electron chi connectivity index (χ1n) is 8.21. The third-order valence-corrected chi connectivity index (χ3v) is 5.87. The van der Waals surface area contributed by atoms with Crippen LogP contribution in [0.15, 0.2) is 11.4 Å². The Morgan fingerprint density at radius 3 is 2.35 bits per heavy atom. The molecule has 0 amide bonds. The van der Waals surface area contributed by atoms with Gasteiger partial charge in [0.25, 0.3) is 0 Å². The van der Waals surface area contributed by atoms with Crippen LogP contribution in [0, 0.1) is 6.92 Å². The highest BCUT2D eigenvalue weighted by Crippen LogP contribution is 2.40. The van der Waals surface area contributed by atoms with E-state index >= 15 is 0 Å². The fraction of sp³-hybridized carbons (Fsp3) is 0.765. The predicted molar refractivity (Wildman–Crippen MR) is 89.6 cm³/mol. The van der Waals surface area contributed by atoms with Gasteiger partial charge in [-0.05, 0) is 69.3 Å². The Kier molecular flexibility index (Phi) is 5.65. The van der Waals surface area contributed by atoms with E-state index in [0.717, 1.165) is 6.54 Å². The van der Waals surface area contributed by atoms with Crippen molar-refractivity contribution in [2.75, 3.05) is 19.6 Å². The first-order chi connectivity index (χ1) is 9.67. The van der Waals surface area contributed by atoms with Crippen molar-refractivity contribution >= 4 is 11.3 Å². The lowest BCUT2D eigenvalue weighted by Crippen LogP contribution is -2.55. The average Bonchev–Trinajstić information content (AvgIpc) is 3.11. The predicted octanol–water partition coefficient (Wildman–Crippen LogP) is 4.36. The third-order valence-electron chi connectivity index (χ3n) is 4.99. The molecule has 1 unspecified atom stereocenters. The number of likely N-dealkylation sites (tertiary alicyclic amines) is 1. The number of rotatable bonds is 7. The smallest absolute Gasteiger partial charge is 0.0515 e. The van der Waals surface area contributed by atoms with Crippen molar-refractivity contribution in [1.29, 1.82) is 0 Å². The van der Waals surface area contributed by atoms with Crippen LogP contribution in [0.4, 0.5) is 0 Å². The Hall–Kier alpha value is -0.380. The summed E-state index contributed by atoms with van der Waals surface area (Å²) in [5.74, 6) is 0. The number of aryl methyl sites for hydroxylation is 1. The number of nitrogens with zero attached hydrogens (tertiary/aromatic N) is 1. The van der Waals surface area contributed by atoms with Gasteiger partial charge < -0.3 is 5.32 Å². The standard InChI is InChI=1S/C17H30N2S/c1-5-17(6-2,19-10-8-9-11-19)16(18-7-3)15-12-14(4)20-13-15/h12-13,16,18H,5-11H2,1-4H3. The number of hydrogen-bond donors (Lipinski definition) is 1. The number of thiophene rings is 1. The van der Waals surface area contributed by atoms with Crippen molar-refractivity contribution in [1.82, 2.24) is 10.2 Å². The fourth-order valence-corrected chi connectivity index (χ4v) is 4.62. The molecule has 3 heteroatoms. The van der Waals surface area contributed by atoms with Crippen molar-refractivity contribution in [3.05, 3.63) is 21.9 Å². The van der Waals surface area contributed by atoms with Crippen LogP contribution in [0.1, 0.15) is 62.9 Å². The minimum absolute atomic E-state index is 0.278. The van der Waals surface area contributed by atoms with E-state index in [1.807, 2.05) is 11.3 Å². The molecule has 1 aromatic heterocycles. The van der Waals surface area contributed by atoms with E-state index in [4.69, 9.17) is 0 Å². The molecule has 1 fully saturated rings. The Bertz CT molecular complexity index is 403. The van der Waals surface area contributed by atoms with Gasteiger partial charge in [0.2, 0.25) is 0 Å². The molecule has 2 rings (SSSR count). The molecule has 114 valence electrons. The number of hydrogen-bond acceptors (Lipinski definition) is 3. The molecule has 0 saturated carbocycles. The summed E-state index contributed by atoms with van der Waals surface area (Å²) in [7, 11) is 0. The topological polar surface area (TPSA) is 15.3 Å². The largest absolute Gasteiger partial charge is 0.309 e. The summed E-state index contributed by atoms with van der Waals surface area (Å²) in [6.07, 6.45) is 5.17. The molecule has 1 saturated heterocycles. The van der Waals surface area contributed by atoms with Crippen LogP contribution in [0.2, 0.25) is 0 Å². The minimum atomic E-state index is 0.278. The summed E-state index contributed by atoms with van der Waals surface area (Å²) in [6.45, 7) is 12.8. The molecule has 20 heavy (non-hydrogen) atoms. The Balaban J connectivity index is 2.35. The van der Waals surface area contributed by atoms with Crippen molar-refractivity contribution in [2.45, 2.75) is 65.0 Å². The van der Waals surface area contributed by atoms with Crippen molar-refractivity contribution < 1.29 is 0 Å². The van der Waals surface area contributed by atoms with E-state index in [-0.39, 0.29) is 5.54 Å². The molecule has 1 atom stereocenters. The van der Waals surface area contributed by atoms with Crippen LogP contribution in [0.5, 0.6) is 0 Å². The highest BCUT2D eigenvalue weighted by atomic mass is 32.1. The molecular weight excluding hydrogens is 264 g/mol. The minimum Gasteiger partial charge on any atom is -0.309 e. The molecular formula is C17H30N2S. The van der Waals surface area contributed by atoms with Crippen molar-refractivity contribution in [2.24, 2.45) is 0 Å². The number of likely N-dealkylation sites (N-methyl/N-ethyl adjacent to an activating group) is 1. The van der Waals surface area contributed by atoms with Crippen molar-refractivity contribution in [3.8, 4) is 0 Å². The van der Waals surface area contributed by atoms with Gasteiger partial charge in [0, 0.05) is 10.4 Å².